The van der Waals surface area contributed by atoms with Gasteiger partial charge in [0, 0.05) is 5.56 Å². The van der Waals surface area contributed by atoms with Crippen LogP contribution >= 0.6 is 0 Å². The van der Waals surface area contributed by atoms with Crippen LogP contribution in [-0.2, 0) is 9.59 Å². The maximum absolute atomic E-state index is 14.2. The largest absolute Gasteiger partial charge is 0.481 e. The normalized spacial score (nSPS) is 13.9. The minimum atomic E-state index is -3.62. The molecule has 0 aliphatic rings. The van der Waals surface area contributed by atoms with Crippen LogP contribution in [0.25, 0.3) is 0 Å². The second kappa shape index (κ2) is 7.06. The SMILES string of the molecule is Cc1ccccc1C(=O)C(F)C(C(F)F)C(C(=O)O)C(=O)O. The molecule has 0 heterocycles. The molecule has 0 aliphatic heterocycles. The van der Waals surface area contributed by atoms with Gasteiger partial charge in [-0.2, -0.15) is 0 Å². The van der Waals surface area contributed by atoms with Gasteiger partial charge in [0.25, 0.3) is 0 Å². The molecule has 0 saturated heterocycles. The predicted molar refractivity (Wildman–Crippen MR) is 68.7 cm³/mol. The molecular formula is C14H13F3O5. The van der Waals surface area contributed by atoms with E-state index in [0.29, 0.717) is 5.56 Å². The van der Waals surface area contributed by atoms with E-state index in [9.17, 15) is 27.6 Å². The van der Waals surface area contributed by atoms with Crippen LogP contribution in [0.3, 0.4) is 0 Å². The van der Waals surface area contributed by atoms with Crippen LogP contribution in [-0.4, -0.2) is 40.5 Å². The molecule has 2 unspecified atom stereocenters. The third-order valence-corrected chi connectivity index (χ3v) is 3.21. The van der Waals surface area contributed by atoms with Gasteiger partial charge >= 0.3 is 11.9 Å². The molecule has 8 heteroatoms. The van der Waals surface area contributed by atoms with Gasteiger partial charge in [-0.15, -0.1) is 0 Å². The van der Waals surface area contributed by atoms with Crippen molar-refractivity contribution in [2.75, 3.05) is 0 Å². The summed E-state index contributed by atoms with van der Waals surface area (Å²) in [5, 5.41) is 17.5. The number of carboxylic acid groups (broad SMARTS) is 2. The number of aliphatic carboxylic acids is 2. The van der Waals surface area contributed by atoms with Crippen LogP contribution in [0.5, 0.6) is 0 Å². The number of carbonyl (C=O) groups is 3. The number of ketones is 1. The molecular weight excluding hydrogens is 305 g/mol. The van der Waals surface area contributed by atoms with E-state index in [1.807, 2.05) is 0 Å². The quantitative estimate of drug-likeness (QED) is 0.594. The first-order valence-electron chi connectivity index (χ1n) is 6.16. The number of carboxylic acids is 2. The molecule has 1 aromatic rings. The van der Waals surface area contributed by atoms with Gasteiger partial charge < -0.3 is 10.2 Å². The number of rotatable bonds is 7. The third-order valence-electron chi connectivity index (χ3n) is 3.21. The number of benzene rings is 1. The van der Waals surface area contributed by atoms with E-state index in [4.69, 9.17) is 10.2 Å². The Bertz CT molecular complexity index is 574. The molecule has 120 valence electrons. The average Bonchev–Trinajstić information content (AvgIpc) is 2.42. The molecule has 0 radical (unpaired) electrons. The molecule has 1 aromatic carbocycles. The third kappa shape index (κ3) is 3.63. The Morgan fingerprint density at radius 2 is 1.50 bits per heavy atom. The highest BCUT2D eigenvalue weighted by atomic mass is 19.3. The zero-order valence-electron chi connectivity index (χ0n) is 11.4. The molecule has 0 amide bonds. The fourth-order valence-electron chi connectivity index (χ4n) is 2.05. The summed E-state index contributed by atoms with van der Waals surface area (Å²) in [7, 11) is 0. The maximum atomic E-state index is 14.2. The fourth-order valence-corrected chi connectivity index (χ4v) is 2.05. The Morgan fingerprint density at radius 1 is 1.00 bits per heavy atom. The smallest absolute Gasteiger partial charge is 0.318 e. The molecule has 0 aliphatic carbocycles. The number of alkyl halides is 3. The minimum absolute atomic E-state index is 0.199. The Morgan fingerprint density at radius 3 is 1.91 bits per heavy atom. The lowest BCUT2D eigenvalue weighted by Crippen LogP contribution is -2.43. The number of carbonyl (C=O) groups excluding carboxylic acids is 1. The van der Waals surface area contributed by atoms with Crippen molar-refractivity contribution >= 4 is 17.7 Å². The van der Waals surface area contributed by atoms with Crippen LogP contribution < -0.4 is 0 Å². The van der Waals surface area contributed by atoms with Gasteiger partial charge in [-0.1, -0.05) is 24.3 Å². The van der Waals surface area contributed by atoms with E-state index >= 15 is 0 Å². The summed E-state index contributed by atoms with van der Waals surface area (Å²) in [5.41, 5.74) is 0.112. The number of halogens is 3. The van der Waals surface area contributed by atoms with E-state index < -0.39 is 42.2 Å². The lowest BCUT2D eigenvalue weighted by molar-refractivity contribution is -0.162. The number of hydrogen-bond donors (Lipinski definition) is 2. The van der Waals surface area contributed by atoms with Gasteiger partial charge in [0.2, 0.25) is 6.43 Å². The lowest BCUT2D eigenvalue weighted by atomic mass is 9.84. The lowest BCUT2D eigenvalue weighted by Gasteiger charge is -2.23. The van der Waals surface area contributed by atoms with Gasteiger partial charge in [0.15, 0.2) is 17.9 Å². The summed E-state index contributed by atoms with van der Waals surface area (Å²) in [6.07, 6.45) is -6.57. The van der Waals surface area contributed by atoms with Gasteiger partial charge in [-0.3, -0.25) is 14.4 Å². The van der Waals surface area contributed by atoms with Crippen LogP contribution in [0.15, 0.2) is 24.3 Å². The molecule has 2 N–H and O–H groups in total. The molecule has 0 aromatic heterocycles. The Hall–Kier alpha value is -2.38. The first-order chi connectivity index (χ1) is 10.2. The van der Waals surface area contributed by atoms with Crippen LogP contribution in [0, 0.1) is 18.8 Å². The van der Waals surface area contributed by atoms with Crippen LogP contribution in [0.1, 0.15) is 15.9 Å². The van der Waals surface area contributed by atoms with Crippen LogP contribution in [0.2, 0.25) is 0 Å². The van der Waals surface area contributed by atoms with Crippen molar-refractivity contribution in [1.29, 1.82) is 0 Å². The van der Waals surface area contributed by atoms with Gasteiger partial charge in [0.1, 0.15) is 0 Å². The van der Waals surface area contributed by atoms with E-state index in [0.717, 1.165) is 0 Å². The highest BCUT2D eigenvalue weighted by Gasteiger charge is 2.48. The van der Waals surface area contributed by atoms with Crippen molar-refractivity contribution in [1.82, 2.24) is 0 Å². The first kappa shape index (κ1) is 17.7. The maximum Gasteiger partial charge on any atom is 0.318 e. The molecule has 0 bridgehead atoms. The summed E-state index contributed by atoms with van der Waals surface area (Å²) in [4.78, 5) is 33.6. The summed E-state index contributed by atoms with van der Waals surface area (Å²) in [6, 6.07) is 5.57. The Balaban J connectivity index is 3.21. The van der Waals surface area contributed by atoms with Crippen molar-refractivity contribution in [2.24, 2.45) is 11.8 Å². The average molecular weight is 318 g/mol. The Labute approximate surface area is 123 Å². The zero-order valence-corrected chi connectivity index (χ0v) is 11.4. The van der Waals surface area contributed by atoms with Gasteiger partial charge in [0.05, 0.1) is 5.92 Å². The van der Waals surface area contributed by atoms with Crippen molar-refractivity contribution in [3.05, 3.63) is 35.4 Å². The molecule has 0 spiro atoms. The second-order valence-corrected chi connectivity index (χ2v) is 4.65. The van der Waals surface area contributed by atoms with Crippen LogP contribution in [0.4, 0.5) is 13.2 Å². The van der Waals surface area contributed by atoms with Crippen molar-refractivity contribution in [3.63, 3.8) is 0 Å². The molecule has 0 fully saturated rings. The Kier molecular flexibility index (Phi) is 5.67. The number of hydrogen-bond acceptors (Lipinski definition) is 3. The summed E-state index contributed by atoms with van der Waals surface area (Å²) in [6.45, 7) is 1.45. The minimum Gasteiger partial charge on any atom is -0.481 e. The summed E-state index contributed by atoms with van der Waals surface area (Å²) in [5.74, 6) is -11.1. The summed E-state index contributed by atoms with van der Waals surface area (Å²) < 4.78 is 40.1. The topological polar surface area (TPSA) is 91.7 Å². The van der Waals surface area contributed by atoms with Gasteiger partial charge in [-0.25, -0.2) is 13.2 Å². The molecule has 22 heavy (non-hydrogen) atoms. The predicted octanol–water partition coefficient (Wildman–Crippen LogP) is 2.18. The van der Waals surface area contributed by atoms with Gasteiger partial charge in [-0.05, 0) is 12.5 Å². The number of Topliss-reactive ketones (excluding diaryl/α,β-unsaturated/α-hetero) is 1. The number of aryl methyl sites for hydroxylation is 1. The summed E-state index contributed by atoms with van der Waals surface area (Å²) >= 11 is 0. The van der Waals surface area contributed by atoms with Crippen molar-refractivity contribution < 1.29 is 37.8 Å². The fraction of sp³-hybridized carbons (Fsp3) is 0.357. The van der Waals surface area contributed by atoms with Crippen molar-refractivity contribution in [2.45, 2.75) is 19.5 Å². The zero-order chi connectivity index (χ0) is 17.0. The molecule has 0 saturated carbocycles. The standard InChI is InChI=1S/C14H13F3O5/c1-6-4-2-3-5-7(6)11(18)10(15)8(12(16)17)9(13(19)20)14(21)22/h2-5,8-10,12H,1H3,(H,19,20)(H,21,22). The van der Waals surface area contributed by atoms with Crippen molar-refractivity contribution in [3.8, 4) is 0 Å². The highest BCUT2D eigenvalue weighted by Crippen LogP contribution is 2.29. The molecule has 2 atom stereocenters. The van der Waals surface area contributed by atoms with E-state index in [1.54, 1.807) is 6.07 Å². The van der Waals surface area contributed by atoms with E-state index in [1.165, 1.54) is 25.1 Å². The highest BCUT2D eigenvalue weighted by molar-refractivity contribution is 6.02. The van der Waals surface area contributed by atoms with E-state index in [2.05, 4.69) is 0 Å². The van der Waals surface area contributed by atoms with E-state index in [-0.39, 0.29) is 5.56 Å². The second-order valence-electron chi connectivity index (χ2n) is 4.65. The molecule has 1 rings (SSSR count). The monoisotopic (exact) mass is 318 g/mol. The first-order valence-corrected chi connectivity index (χ1v) is 6.16. The molecule has 5 nitrogen and oxygen atoms in total.